The highest BCUT2D eigenvalue weighted by atomic mass is 35.5. The summed E-state index contributed by atoms with van der Waals surface area (Å²) in [6.45, 7) is 4.25. The fraction of sp³-hybridized carbons (Fsp3) is 0.294. The number of hydrogen-bond acceptors (Lipinski definition) is 1. The molecule has 0 spiro atoms. The molecule has 0 radical (unpaired) electrons. The van der Waals surface area contributed by atoms with E-state index >= 15 is 0 Å². The van der Waals surface area contributed by atoms with Crippen LogP contribution in [0.3, 0.4) is 0 Å². The smallest absolute Gasteiger partial charge is 0.0595 e. The Balaban J connectivity index is 2.19. The molecule has 112 valence electrons. The third kappa shape index (κ3) is 4.14. The molecule has 4 heteroatoms. The van der Waals surface area contributed by atoms with Gasteiger partial charge in [-0.15, -0.1) is 0 Å². The van der Waals surface area contributed by atoms with Crippen LogP contribution in [-0.4, -0.2) is 0 Å². The van der Waals surface area contributed by atoms with Crippen molar-refractivity contribution in [2.75, 3.05) is 0 Å². The minimum absolute atomic E-state index is 0.151. The second-order valence-corrected chi connectivity index (χ2v) is 6.27. The third-order valence-electron chi connectivity index (χ3n) is 3.58. The summed E-state index contributed by atoms with van der Waals surface area (Å²) in [6, 6.07) is 14.0. The van der Waals surface area contributed by atoms with E-state index in [0.717, 1.165) is 22.6 Å². The minimum Gasteiger partial charge on any atom is -0.303 e. The van der Waals surface area contributed by atoms with Crippen molar-refractivity contribution in [3.05, 3.63) is 68.7 Å². The number of benzene rings is 2. The van der Waals surface area contributed by atoms with E-state index in [-0.39, 0.29) is 12.1 Å². The van der Waals surface area contributed by atoms with Gasteiger partial charge in [0.2, 0.25) is 0 Å². The van der Waals surface area contributed by atoms with E-state index in [4.69, 9.17) is 34.8 Å². The van der Waals surface area contributed by atoms with Gasteiger partial charge in [0.25, 0.3) is 0 Å². The molecule has 2 aromatic rings. The van der Waals surface area contributed by atoms with E-state index in [1.165, 1.54) is 0 Å². The van der Waals surface area contributed by atoms with Gasteiger partial charge in [0.15, 0.2) is 0 Å². The zero-order valence-corrected chi connectivity index (χ0v) is 14.3. The molecule has 2 aromatic carbocycles. The molecule has 1 nitrogen and oxygen atoms in total. The van der Waals surface area contributed by atoms with Crippen LogP contribution in [0.4, 0.5) is 0 Å². The Hall–Kier alpha value is -0.730. The van der Waals surface area contributed by atoms with Gasteiger partial charge in [0, 0.05) is 17.1 Å². The van der Waals surface area contributed by atoms with Gasteiger partial charge in [-0.3, -0.25) is 0 Å². The zero-order chi connectivity index (χ0) is 15.4. The molecule has 0 aliphatic rings. The zero-order valence-electron chi connectivity index (χ0n) is 12.0. The van der Waals surface area contributed by atoms with Crippen LogP contribution in [-0.2, 0) is 0 Å². The average molecular weight is 343 g/mol. The Bertz CT molecular complexity index is 613. The maximum Gasteiger partial charge on any atom is 0.0595 e. The lowest BCUT2D eigenvalue weighted by molar-refractivity contribution is 0.456. The summed E-state index contributed by atoms with van der Waals surface area (Å²) < 4.78 is 0. The summed E-state index contributed by atoms with van der Waals surface area (Å²) in [5, 5.41) is 5.54. The van der Waals surface area contributed by atoms with Crippen LogP contribution >= 0.6 is 34.8 Å². The number of halogens is 3. The fourth-order valence-corrected chi connectivity index (χ4v) is 3.00. The summed E-state index contributed by atoms with van der Waals surface area (Å²) in [4.78, 5) is 0. The van der Waals surface area contributed by atoms with E-state index in [1.54, 1.807) is 0 Å². The van der Waals surface area contributed by atoms with Gasteiger partial charge in [-0.2, -0.15) is 0 Å². The van der Waals surface area contributed by atoms with Crippen molar-refractivity contribution in [1.82, 2.24) is 5.32 Å². The molecule has 0 aliphatic heterocycles. The molecular weight excluding hydrogens is 325 g/mol. The van der Waals surface area contributed by atoms with Crippen molar-refractivity contribution in [2.24, 2.45) is 0 Å². The lowest BCUT2D eigenvalue weighted by Gasteiger charge is -2.24. The second-order valence-electron chi connectivity index (χ2n) is 5.04. The summed E-state index contributed by atoms with van der Waals surface area (Å²) in [6.07, 6.45) is 0.951. The van der Waals surface area contributed by atoms with E-state index in [1.807, 2.05) is 42.5 Å². The van der Waals surface area contributed by atoms with E-state index < -0.39 is 0 Å². The van der Waals surface area contributed by atoms with Crippen molar-refractivity contribution < 1.29 is 0 Å². The normalized spacial score (nSPS) is 14.0. The largest absolute Gasteiger partial charge is 0.303 e. The van der Waals surface area contributed by atoms with Gasteiger partial charge in [-0.05, 0) is 42.7 Å². The molecule has 0 fully saturated rings. The molecule has 0 aliphatic carbocycles. The standard InChI is InChI=1S/C17H18Cl3N/c1-3-17(12-8-9-15(19)16(20)10-12)21-11(2)13-6-4-5-7-14(13)18/h4-11,17,21H,3H2,1-2H3/t11-,17?/m0/s1. The van der Waals surface area contributed by atoms with Crippen LogP contribution < -0.4 is 5.32 Å². The highest BCUT2D eigenvalue weighted by Gasteiger charge is 2.16. The van der Waals surface area contributed by atoms with Gasteiger partial charge < -0.3 is 5.32 Å². The van der Waals surface area contributed by atoms with E-state index in [2.05, 4.69) is 19.2 Å². The summed E-state index contributed by atoms with van der Waals surface area (Å²) in [5.74, 6) is 0. The predicted molar refractivity (Wildman–Crippen MR) is 92.5 cm³/mol. The molecule has 0 bridgehead atoms. The van der Waals surface area contributed by atoms with Crippen molar-refractivity contribution in [1.29, 1.82) is 0 Å². The monoisotopic (exact) mass is 341 g/mol. The number of rotatable bonds is 5. The Morgan fingerprint density at radius 3 is 2.29 bits per heavy atom. The minimum atomic E-state index is 0.151. The van der Waals surface area contributed by atoms with Crippen LogP contribution in [0, 0.1) is 0 Å². The SMILES string of the molecule is CCC(N[C@@H](C)c1ccccc1Cl)c1ccc(Cl)c(Cl)c1. The van der Waals surface area contributed by atoms with E-state index in [0.29, 0.717) is 10.0 Å². The Labute approximate surface area is 141 Å². The molecule has 2 atom stereocenters. The molecule has 0 saturated heterocycles. The molecule has 2 rings (SSSR count). The first-order valence-electron chi connectivity index (χ1n) is 6.98. The van der Waals surface area contributed by atoms with E-state index in [9.17, 15) is 0 Å². The molecule has 0 saturated carbocycles. The third-order valence-corrected chi connectivity index (χ3v) is 4.66. The molecule has 1 N–H and O–H groups in total. The van der Waals surface area contributed by atoms with Crippen molar-refractivity contribution in [3.63, 3.8) is 0 Å². The molecule has 0 amide bonds. The fourth-order valence-electron chi connectivity index (χ4n) is 2.40. The average Bonchev–Trinajstić information content (AvgIpc) is 2.48. The van der Waals surface area contributed by atoms with Crippen molar-refractivity contribution in [3.8, 4) is 0 Å². The lowest BCUT2D eigenvalue weighted by atomic mass is 10.0. The Morgan fingerprint density at radius 1 is 0.952 bits per heavy atom. The summed E-state index contributed by atoms with van der Waals surface area (Å²) >= 11 is 18.4. The topological polar surface area (TPSA) is 12.0 Å². The quantitative estimate of drug-likeness (QED) is 0.658. The number of hydrogen-bond donors (Lipinski definition) is 1. The van der Waals surface area contributed by atoms with Gasteiger partial charge >= 0.3 is 0 Å². The first kappa shape index (κ1) is 16.6. The number of nitrogens with one attached hydrogen (secondary N) is 1. The van der Waals surface area contributed by atoms with Crippen LogP contribution in [0.25, 0.3) is 0 Å². The first-order valence-corrected chi connectivity index (χ1v) is 8.11. The highest BCUT2D eigenvalue weighted by molar-refractivity contribution is 6.42. The van der Waals surface area contributed by atoms with Gasteiger partial charge in [0.1, 0.15) is 0 Å². The van der Waals surface area contributed by atoms with Gasteiger partial charge in [-0.1, -0.05) is 66.0 Å². The predicted octanol–water partition coefficient (Wildman–Crippen LogP) is 6.45. The lowest BCUT2D eigenvalue weighted by Crippen LogP contribution is -2.24. The molecule has 0 heterocycles. The maximum atomic E-state index is 6.26. The Kier molecular flexibility index (Phi) is 5.95. The maximum absolute atomic E-state index is 6.26. The van der Waals surface area contributed by atoms with Gasteiger partial charge in [-0.25, -0.2) is 0 Å². The molecule has 0 aromatic heterocycles. The molecular formula is C17H18Cl3N. The molecule has 1 unspecified atom stereocenters. The van der Waals surface area contributed by atoms with Crippen LogP contribution in [0.15, 0.2) is 42.5 Å². The second kappa shape index (κ2) is 7.51. The van der Waals surface area contributed by atoms with Crippen molar-refractivity contribution in [2.45, 2.75) is 32.4 Å². The van der Waals surface area contributed by atoms with Crippen LogP contribution in [0.2, 0.25) is 15.1 Å². The van der Waals surface area contributed by atoms with Crippen LogP contribution in [0.1, 0.15) is 43.5 Å². The summed E-state index contributed by atoms with van der Waals surface area (Å²) in [5.41, 5.74) is 2.23. The van der Waals surface area contributed by atoms with Crippen molar-refractivity contribution >= 4 is 34.8 Å². The summed E-state index contributed by atoms with van der Waals surface area (Å²) in [7, 11) is 0. The van der Waals surface area contributed by atoms with Gasteiger partial charge in [0.05, 0.1) is 10.0 Å². The Morgan fingerprint density at radius 2 is 1.67 bits per heavy atom. The molecule has 21 heavy (non-hydrogen) atoms. The van der Waals surface area contributed by atoms with Crippen LogP contribution in [0.5, 0.6) is 0 Å². The highest BCUT2D eigenvalue weighted by Crippen LogP contribution is 2.30. The first-order chi connectivity index (χ1) is 10.0.